The Balaban J connectivity index is 0.00000156. The summed E-state index contributed by atoms with van der Waals surface area (Å²) in [5, 5.41) is 4.63. The largest absolute Gasteiger partial charge is 0.314 e. The highest BCUT2D eigenvalue weighted by Gasteiger charge is 2.34. The first-order chi connectivity index (χ1) is 10.9. The molecule has 3 rings (SSSR count). The van der Waals surface area contributed by atoms with Crippen molar-refractivity contribution in [2.45, 2.75) is 33.7 Å². The molecule has 0 amide bonds. The molecule has 1 atom stereocenters. The van der Waals surface area contributed by atoms with E-state index in [2.05, 4.69) is 49.3 Å². The van der Waals surface area contributed by atoms with Gasteiger partial charge in [0.1, 0.15) is 0 Å². The lowest BCUT2D eigenvalue weighted by Crippen LogP contribution is -2.48. The third kappa shape index (κ3) is 4.37. The van der Waals surface area contributed by atoms with Crippen LogP contribution in [0.1, 0.15) is 44.1 Å². The summed E-state index contributed by atoms with van der Waals surface area (Å²) in [4.78, 5) is 14.6. The molecule has 1 aliphatic heterocycles. The number of rotatable bonds is 2. The number of carbonyl (C=O) groups excluding carboxylic acids is 1. The Hall–Kier alpha value is -1.07. The highest BCUT2D eigenvalue weighted by atomic mass is 35.5. The minimum atomic E-state index is 0. The van der Waals surface area contributed by atoms with Gasteiger partial charge in [0.2, 0.25) is 5.91 Å². The van der Waals surface area contributed by atoms with Gasteiger partial charge in [0.05, 0.1) is 5.52 Å². The van der Waals surface area contributed by atoms with Crippen molar-refractivity contribution >= 4 is 41.6 Å². The van der Waals surface area contributed by atoms with Crippen LogP contribution in [-0.2, 0) is 0 Å². The predicted molar refractivity (Wildman–Crippen MR) is 109 cm³/mol. The number of halogens is 2. The topological polar surface area (TPSA) is 37.3 Å². The fourth-order valence-corrected chi connectivity index (χ4v) is 3.84. The van der Waals surface area contributed by atoms with Crippen LogP contribution in [0.5, 0.6) is 0 Å². The summed E-state index contributed by atoms with van der Waals surface area (Å²) < 4.78 is 1.80. The number of hydrogen-bond acceptors (Lipinski definition) is 3. The van der Waals surface area contributed by atoms with Crippen LogP contribution >= 0.6 is 24.8 Å². The molecule has 1 saturated heterocycles. The lowest BCUT2D eigenvalue weighted by Gasteiger charge is -2.42. The van der Waals surface area contributed by atoms with Crippen molar-refractivity contribution in [2.75, 3.05) is 26.2 Å². The van der Waals surface area contributed by atoms with E-state index in [0.717, 1.165) is 31.7 Å². The van der Waals surface area contributed by atoms with Gasteiger partial charge in [-0.2, -0.15) is 0 Å². The first-order valence-electron chi connectivity index (χ1n) is 8.45. The van der Waals surface area contributed by atoms with Crippen molar-refractivity contribution < 1.29 is 4.79 Å². The summed E-state index contributed by atoms with van der Waals surface area (Å²) in [5.41, 5.74) is 2.38. The maximum absolute atomic E-state index is 12.1. The van der Waals surface area contributed by atoms with Crippen molar-refractivity contribution in [2.24, 2.45) is 5.41 Å². The molecule has 25 heavy (non-hydrogen) atoms. The highest BCUT2D eigenvalue weighted by molar-refractivity contribution is 5.94. The van der Waals surface area contributed by atoms with Crippen molar-refractivity contribution in [3.8, 4) is 0 Å². The van der Waals surface area contributed by atoms with Crippen LogP contribution in [-0.4, -0.2) is 41.6 Å². The Kier molecular flexibility index (Phi) is 7.51. The van der Waals surface area contributed by atoms with E-state index >= 15 is 0 Å². The average molecular weight is 386 g/mol. The van der Waals surface area contributed by atoms with E-state index in [4.69, 9.17) is 0 Å². The fraction of sp³-hybridized carbons (Fsp3) is 0.526. The van der Waals surface area contributed by atoms with Gasteiger partial charge in [-0.1, -0.05) is 39.0 Å². The Labute approximate surface area is 162 Å². The molecule has 1 aliphatic rings. The van der Waals surface area contributed by atoms with Gasteiger partial charge in [-0.25, -0.2) is 0 Å². The Morgan fingerprint density at radius 1 is 1.12 bits per heavy atom. The second-order valence-corrected chi connectivity index (χ2v) is 7.55. The molecule has 2 aromatic rings. The summed E-state index contributed by atoms with van der Waals surface area (Å²) in [6.07, 6.45) is 2.06. The quantitative estimate of drug-likeness (QED) is 0.843. The van der Waals surface area contributed by atoms with Gasteiger partial charge in [-0.15, -0.1) is 24.8 Å². The van der Waals surface area contributed by atoms with Crippen LogP contribution in [0.4, 0.5) is 0 Å². The summed E-state index contributed by atoms with van der Waals surface area (Å²) in [6, 6.07) is 8.55. The zero-order valence-corrected chi connectivity index (χ0v) is 17.0. The molecular formula is C19H29Cl2N3O. The number of nitrogens with zero attached hydrogens (tertiary/aromatic N) is 2. The van der Waals surface area contributed by atoms with Crippen LogP contribution in [0.15, 0.2) is 30.5 Å². The predicted octanol–water partition coefficient (Wildman–Crippen LogP) is 4.14. The maximum atomic E-state index is 12.1. The van der Waals surface area contributed by atoms with Crippen molar-refractivity contribution in [1.82, 2.24) is 14.8 Å². The standard InChI is InChI=1S/C19H27N3O.2ClH/c1-14(23)22-13-16(15-7-5-6-8-17(15)22)18(19(2,3)4)21-11-9-20-10-12-21;;/h5-8,13,18,20H,9-12H2,1-4H3;2*1H/t18-;;/m1../s1. The number of nitrogens with one attached hydrogen (secondary N) is 1. The number of piperazine rings is 1. The summed E-state index contributed by atoms with van der Waals surface area (Å²) in [7, 11) is 0. The molecule has 0 aliphatic carbocycles. The Bertz CT molecular complexity index is 715. The molecule has 0 bridgehead atoms. The van der Waals surface area contributed by atoms with E-state index in [1.807, 2.05) is 12.1 Å². The third-order valence-electron chi connectivity index (χ3n) is 4.71. The molecule has 0 radical (unpaired) electrons. The highest BCUT2D eigenvalue weighted by Crippen LogP contribution is 2.41. The third-order valence-corrected chi connectivity index (χ3v) is 4.71. The van der Waals surface area contributed by atoms with E-state index in [1.54, 1.807) is 11.5 Å². The SMILES string of the molecule is CC(=O)n1cc([C@@H](N2CCNCC2)C(C)(C)C)c2ccccc21.Cl.Cl. The molecular weight excluding hydrogens is 357 g/mol. The van der Waals surface area contributed by atoms with Crippen molar-refractivity contribution in [1.29, 1.82) is 0 Å². The number of fused-ring (bicyclic) bond motifs is 1. The molecule has 4 nitrogen and oxygen atoms in total. The lowest BCUT2D eigenvalue weighted by molar-refractivity contribution is 0.0862. The number of para-hydroxylation sites is 1. The number of hydrogen-bond donors (Lipinski definition) is 1. The summed E-state index contributed by atoms with van der Waals surface area (Å²) in [5.74, 6) is 0.0698. The van der Waals surface area contributed by atoms with Crippen molar-refractivity contribution in [3.63, 3.8) is 0 Å². The second-order valence-electron chi connectivity index (χ2n) is 7.55. The van der Waals surface area contributed by atoms with Crippen LogP contribution in [0.2, 0.25) is 0 Å². The molecule has 1 fully saturated rings. The number of aromatic nitrogens is 1. The molecule has 0 spiro atoms. The van der Waals surface area contributed by atoms with Gasteiger partial charge in [-0.3, -0.25) is 14.3 Å². The van der Waals surface area contributed by atoms with Crippen LogP contribution < -0.4 is 5.32 Å². The van der Waals surface area contributed by atoms with Gasteiger partial charge in [-0.05, 0) is 17.0 Å². The van der Waals surface area contributed by atoms with Crippen LogP contribution in [0, 0.1) is 5.41 Å². The van der Waals surface area contributed by atoms with E-state index < -0.39 is 0 Å². The average Bonchev–Trinajstić information content (AvgIpc) is 2.87. The molecule has 1 N–H and O–H groups in total. The van der Waals surface area contributed by atoms with E-state index in [0.29, 0.717) is 6.04 Å². The smallest absolute Gasteiger partial charge is 0.227 e. The minimum Gasteiger partial charge on any atom is -0.314 e. The molecule has 1 aromatic heterocycles. The van der Waals surface area contributed by atoms with E-state index in [1.165, 1.54) is 10.9 Å². The monoisotopic (exact) mass is 385 g/mol. The maximum Gasteiger partial charge on any atom is 0.227 e. The second kappa shape index (κ2) is 8.54. The lowest BCUT2D eigenvalue weighted by atomic mass is 9.81. The number of carbonyl (C=O) groups is 1. The molecule has 140 valence electrons. The van der Waals surface area contributed by atoms with E-state index in [9.17, 15) is 4.79 Å². The van der Waals surface area contributed by atoms with Gasteiger partial charge in [0.25, 0.3) is 0 Å². The molecule has 0 unspecified atom stereocenters. The molecule has 6 heteroatoms. The Morgan fingerprint density at radius 3 is 2.28 bits per heavy atom. The van der Waals surface area contributed by atoms with Gasteiger partial charge in [0.15, 0.2) is 0 Å². The molecule has 1 aromatic carbocycles. The first kappa shape index (κ1) is 22.0. The zero-order chi connectivity index (χ0) is 16.6. The van der Waals surface area contributed by atoms with Gasteiger partial charge < -0.3 is 5.32 Å². The molecule has 2 heterocycles. The Morgan fingerprint density at radius 2 is 1.72 bits per heavy atom. The summed E-state index contributed by atoms with van der Waals surface area (Å²) >= 11 is 0. The van der Waals surface area contributed by atoms with Gasteiger partial charge >= 0.3 is 0 Å². The van der Waals surface area contributed by atoms with Crippen LogP contribution in [0.3, 0.4) is 0 Å². The zero-order valence-electron chi connectivity index (χ0n) is 15.4. The summed E-state index contributed by atoms with van der Waals surface area (Å²) in [6.45, 7) is 12.6. The first-order valence-corrected chi connectivity index (χ1v) is 8.45. The van der Waals surface area contributed by atoms with Crippen molar-refractivity contribution in [3.05, 3.63) is 36.0 Å². The van der Waals surface area contributed by atoms with Crippen LogP contribution in [0.25, 0.3) is 10.9 Å². The fourth-order valence-electron chi connectivity index (χ4n) is 3.84. The minimum absolute atomic E-state index is 0. The van der Waals surface area contributed by atoms with Gasteiger partial charge in [0, 0.05) is 50.7 Å². The number of benzene rings is 1. The normalized spacial score (nSPS) is 16.8. The van der Waals surface area contributed by atoms with E-state index in [-0.39, 0.29) is 36.1 Å². The molecule has 0 saturated carbocycles.